The van der Waals surface area contributed by atoms with Crippen molar-refractivity contribution in [2.75, 3.05) is 0 Å². The van der Waals surface area contributed by atoms with E-state index in [1.165, 1.54) is 6.07 Å². The highest BCUT2D eigenvalue weighted by molar-refractivity contribution is 5.77. The van der Waals surface area contributed by atoms with E-state index in [4.69, 9.17) is 0 Å². The molecule has 0 spiro atoms. The minimum atomic E-state index is -4.24. The lowest BCUT2D eigenvalue weighted by atomic mass is 10.2. The van der Waals surface area contributed by atoms with Crippen LogP contribution < -0.4 is 0 Å². The largest absolute Gasteiger partial charge is 0.394 e. The third-order valence-electron chi connectivity index (χ3n) is 1.80. The SMILES string of the molecule is FC(F)(F)Cc1ncnc2[nH]ccc12. The van der Waals surface area contributed by atoms with Crippen LogP contribution in [-0.2, 0) is 6.42 Å². The number of fused-ring (bicyclic) bond motifs is 1. The van der Waals surface area contributed by atoms with Gasteiger partial charge in [-0.05, 0) is 6.07 Å². The molecule has 14 heavy (non-hydrogen) atoms. The fourth-order valence-corrected chi connectivity index (χ4v) is 1.26. The van der Waals surface area contributed by atoms with Crippen LogP contribution in [0.5, 0.6) is 0 Å². The van der Waals surface area contributed by atoms with Gasteiger partial charge in [0, 0.05) is 11.6 Å². The Morgan fingerprint density at radius 3 is 2.79 bits per heavy atom. The molecule has 0 radical (unpaired) electrons. The van der Waals surface area contributed by atoms with Crippen LogP contribution in [0.25, 0.3) is 11.0 Å². The molecule has 74 valence electrons. The molecule has 0 unspecified atom stereocenters. The molecule has 3 nitrogen and oxygen atoms in total. The van der Waals surface area contributed by atoms with Gasteiger partial charge >= 0.3 is 6.18 Å². The summed E-state index contributed by atoms with van der Waals surface area (Å²) in [5.41, 5.74) is 0.433. The first-order chi connectivity index (χ1) is 6.56. The number of nitrogens with zero attached hydrogens (tertiary/aromatic N) is 2. The van der Waals surface area contributed by atoms with E-state index in [-0.39, 0.29) is 5.69 Å². The Balaban J connectivity index is 2.46. The highest BCUT2D eigenvalue weighted by Crippen LogP contribution is 2.23. The second kappa shape index (κ2) is 2.97. The zero-order valence-corrected chi connectivity index (χ0v) is 6.97. The lowest BCUT2D eigenvalue weighted by Gasteiger charge is -2.05. The maximum atomic E-state index is 12.1. The molecule has 0 aliphatic heterocycles. The third kappa shape index (κ3) is 1.68. The van der Waals surface area contributed by atoms with Gasteiger partial charge in [-0.1, -0.05) is 0 Å². The van der Waals surface area contributed by atoms with E-state index < -0.39 is 12.6 Å². The summed E-state index contributed by atoms with van der Waals surface area (Å²) >= 11 is 0. The maximum absolute atomic E-state index is 12.1. The predicted molar refractivity (Wildman–Crippen MR) is 43.6 cm³/mol. The molecule has 6 heteroatoms. The van der Waals surface area contributed by atoms with Crippen molar-refractivity contribution in [1.29, 1.82) is 0 Å². The number of H-pyrrole nitrogens is 1. The predicted octanol–water partition coefficient (Wildman–Crippen LogP) is 2.06. The highest BCUT2D eigenvalue weighted by Gasteiger charge is 2.29. The normalized spacial score (nSPS) is 12.2. The van der Waals surface area contributed by atoms with Gasteiger partial charge < -0.3 is 4.98 Å². The first kappa shape index (κ1) is 8.98. The smallest absolute Gasteiger partial charge is 0.346 e. The quantitative estimate of drug-likeness (QED) is 0.767. The molecule has 0 saturated carbocycles. The Morgan fingerprint density at radius 1 is 1.29 bits per heavy atom. The number of aromatic amines is 1. The first-order valence-corrected chi connectivity index (χ1v) is 3.90. The van der Waals surface area contributed by atoms with Gasteiger partial charge in [0.25, 0.3) is 0 Å². The zero-order chi connectivity index (χ0) is 10.2. The summed E-state index contributed by atoms with van der Waals surface area (Å²) in [5.74, 6) is 0. The topological polar surface area (TPSA) is 41.6 Å². The van der Waals surface area contributed by atoms with Crippen LogP contribution in [0.15, 0.2) is 18.6 Å². The number of hydrogen-bond donors (Lipinski definition) is 1. The van der Waals surface area contributed by atoms with Gasteiger partial charge in [-0.15, -0.1) is 0 Å². The molecule has 0 saturated heterocycles. The molecule has 2 aromatic rings. The molecule has 2 aromatic heterocycles. The van der Waals surface area contributed by atoms with E-state index in [0.717, 1.165) is 6.33 Å². The van der Waals surface area contributed by atoms with Crippen LogP contribution in [0.3, 0.4) is 0 Å². The Morgan fingerprint density at radius 2 is 2.07 bits per heavy atom. The van der Waals surface area contributed by atoms with Crippen LogP contribution in [0.1, 0.15) is 5.69 Å². The average molecular weight is 201 g/mol. The monoisotopic (exact) mass is 201 g/mol. The first-order valence-electron chi connectivity index (χ1n) is 3.90. The number of nitrogens with one attached hydrogen (secondary N) is 1. The van der Waals surface area contributed by atoms with Crippen molar-refractivity contribution >= 4 is 11.0 Å². The van der Waals surface area contributed by atoms with Crippen molar-refractivity contribution in [3.8, 4) is 0 Å². The zero-order valence-electron chi connectivity index (χ0n) is 6.97. The molecule has 0 fully saturated rings. The molecule has 0 aromatic carbocycles. The van der Waals surface area contributed by atoms with Gasteiger partial charge in [0.1, 0.15) is 12.0 Å². The number of aromatic nitrogens is 3. The number of hydrogen-bond acceptors (Lipinski definition) is 2. The second-order valence-corrected chi connectivity index (χ2v) is 2.85. The van der Waals surface area contributed by atoms with Crippen molar-refractivity contribution in [3.05, 3.63) is 24.3 Å². The number of alkyl halides is 3. The fraction of sp³-hybridized carbons (Fsp3) is 0.250. The standard InChI is InChI=1S/C8H6F3N3/c9-8(10,11)3-6-5-1-2-12-7(5)14-4-13-6/h1-2,4H,3H2,(H,12,13,14). The Labute approximate surface area is 77.0 Å². The molecule has 0 bridgehead atoms. The van der Waals surface area contributed by atoms with Crippen LogP contribution >= 0.6 is 0 Å². The molecule has 0 amide bonds. The summed E-state index contributed by atoms with van der Waals surface area (Å²) in [4.78, 5) is 10.1. The van der Waals surface area contributed by atoms with Crippen LogP contribution in [0.2, 0.25) is 0 Å². The fourth-order valence-electron chi connectivity index (χ4n) is 1.26. The summed E-state index contributed by atoms with van der Waals surface area (Å²) in [6.45, 7) is 0. The highest BCUT2D eigenvalue weighted by atomic mass is 19.4. The van der Waals surface area contributed by atoms with Gasteiger partial charge in [-0.3, -0.25) is 0 Å². The van der Waals surface area contributed by atoms with Gasteiger partial charge in [0.05, 0.1) is 12.1 Å². The van der Waals surface area contributed by atoms with Crippen molar-refractivity contribution < 1.29 is 13.2 Å². The Kier molecular flexibility index (Phi) is 1.90. The van der Waals surface area contributed by atoms with Crippen LogP contribution in [0, 0.1) is 0 Å². The molecule has 0 aliphatic carbocycles. The number of rotatable bonds is 1. The number of halogens is 3. The minimum Gasteiger partial charge on any atom is -0.346 e. The van der Waals surface area contributed by atoms with E-state index in [2.05, 4.69) is 15.0 Å². The van der Waals surface area contributed by atoms with Gasteiger partial charge in [0.2, 0.25) is 0 Å². The van der Waals surface area contributed by atoms with E-state index in [1.54, 1.807) is 6.20 Å². The summed E-state index contributed by atoms with van der Waals surface area (Å²) in [6.07, 6.45) is -2.60. The molecule has 0 aliphatic rings. The van der Waals surface area contributed by atoms with Gasteiger partial charge in [-0.2, -0.15) is 13.2 Å². The molecule has 0 atom stereocenters. The van der Waals surface area contributed by atoms with Crippen molar-refractivity contribution in [2.24, 2.45) is 0 Å². The lowest BCUT2D eigenvalue weighted by molar-refractivity contribution is -0.127. The Bertz CT molecular complexity index is 446. The molecule has 2 heterocycles. The van der Waals surface area contributed by atoms with E-state index in [1.807, 2.05) is 0 Å². The minimum absolute atomic E-state index is 0.00347. The summed E-state index contributed by atoms with van der Waals surface area (Å²) in [5, 5.41) is 0.421. The van der Waals surface area contributed by atoms with Crippen molar-refractivity contribution in [1.82, 2.24) is 15.0 Å². The van der Waals surface area contributed by atoms with Gasteiger partial charge in [0.15, 0.2) is 0 Å². The summed E-state index contributed by atoms with van der Waals surface area (Å²) in [6, 6.07) is 1.54. The van der Waals surface area contributed by atoms with Crippen molar-refractivity contribution in [2.45, 2.75) is 12.6 Å². The molecular weight excluding hydrogens is 195 g/mol. The van der Waals surface area contributed by atoms with Crippen molar-refractivity contribution in [3.63, 3.8) is 0 Å². The van der Waals surface area contributed by atoms with Crippen LogP contribution in [0.4, 0.5) is 13.2 Å². The van der Waals surface area contributed by atoms with E-state index in [9.17, 15) is 13.2 Å². The van der Waals surface area contributed by atoms with E-state index >= 15 is 0 Å². The second-order valence-electron chi connectivity index (χ2n) is 2.85. The lowest BCUT2D eigenvalue weighted by Crippen LogP contribution is -2.13. The average Bonchev–Trinajstić information content (AvgIpc) is 2.49. The summed E-state index contributed by atoms with van der Waals surface area (Å²) < 4.78 is 36.3. The van der Waals surface area contributed by atoms with Gasteiger partial charge in [-0.25, -0.2) is 9.97 Å². The van der Waals surface area contributed by atoms with E-state index in [0.29, 0.717) is 11.0 Å². The maximum Gasteiger partial charge on any atom is 0.394 e. The van der Waals surface area contributed by atoms with Crippen LogP contribution in [-0.4, -0.2) is 21.1 Å². The summed E-state index contributed by atoms with van der Waals surface area (Å²) in [7, 11) is 0. The molecular formula is C8H6F3N3. The molecule has 1 N–H and O–H groups in total. The third-order valence-corrected chi connectivity index (χ3v) is 1.80. The Hall–Kier alpha value is -1.59. The molecule has 2 rings (SSSR count).